The number of thioether (sulfide) groups is 1. The molecule has 4 fully saturated rings. The number of hydrogen-bond acceptors (Lipinski definition) is 5. The molecule has 3 nitrogen and oxygen atoms in total. The Bertz CT molecular complexity index is 407. The molecule has 1 aliphatic heterocycles. The average Bonchev–Trinajstić information content (AvgIpc) is 2.49. The molecule has 3 aliphatic carbocycles. The monoisotopic (exact) mass is 344 g/mol. The molecule has 5 heteroatoms. The van der Waals surface area contributed by atoms with Crippen molar-refractivity contribution in [3.8, 4) is 0 Å². The molecular formula is C17H28O3S2. The summed E-state index contributed by atoms with van der Waals surface area (Å²) < 4.78 is 18.9. The molecule has 126 valence electrons. The minimum atomic E-state index is -0.00522. The smallest absolute Gasteiger partial charge is 0.219 e. The van der Waals surface area contributed by atoms with Crippen molar-refractivity contribution in [2.24, 2.45) is 17.3 Å². The molecular weight excluding hydrogens is 316 g/mol. The Morgan fingerprint density at radius 1 is 1.23 bits per heavy atom. The zero-order valence-corrected chi connectivity index (χ0v) is 15.5. The van der Waals surface area contributed by atoms with Gasteiger partial charge < -0.3 is 14.2 Å². The first-order valence-corrected chi connectivity index (χ1v) is 10.1. The van der Waals surface area contributed by atoms with Gasteiger partial charge in [0.05, 0.1) is 6.10 Å². The fourth-order valence-electron chi connectivity index (χ4n) is 4.40. The summed E-state index contributed by atoms with van der Waals surface area (Å²) in [6, 6.07) is 0. The van der Waals surface area contributed by atoms with E-state index in [1.807, 2.05) is 6.26 Å². The Morgan fingerprint density at radius 3 is 2.64 bits per heavy atom. The second kappa shape index (κ2) is 6.96. The molecule has 0 spiro atoms. The first-order valence-electron chi connectivity index (χ1n) is 8.51. The molecule has 4 rings (SSSR count). The van der Waals surface area contributed by atoms with Crippen LogP contribution < -0.4 is 0 Å². The third-order valence-electron chi connectivity index (χ3n) is 5.73. The maximum Gasteiger partial charge on any atom is 0.219 e. The molecule has 0 aromatic rings. The van der Waals surface area contributed by atoms with Crippen molar-refractivity contribution < 1.29 is 14.2 Å². The average molecular weight is 345 g/mol. The maximum absolute atomic E-state index is 6.35. The third kappa shape index (κ3) is 3.63. The highest BCUT2D eigenvalue weighted by Gasteiger charge is 2.52. The molecule has 0 radical (unpaired) electrons. The van der Waals surface area contributed by atoms with Crippen LogP contribution in [0.15, 0.2) is 0 Å². The largest absolute Gasteiger partial charge is 0.475 e. The van der Waals surface area contributed by atoms with Crippen molar-refractivity contribution in [2.75, 3.05) is 12.9 Å². The van der Waals surface area contributed by atoms with Crippen LogP contribution in [-0.4, -0.2) is 35.7 Å². The first kappa shape index (κ1) is 17.0. The van der Waals surface area contributed by atoms with Crippen LogP contribution in [0.5, 0.6) is 0 Å². The number of hydrogen-bond donors (Lipinski definition) is 0. The normalized spacial score (nSPS) is 40.4. The minimum absolute atomic E-state index is 0.00522. The summed E-state index contributed by atoms with van der Waals surface area (Å²) in [5, 5.41) is 0. The lowest BCUT2D eigenvalue weighted by molar-refractivity contribution is -0.237. The van der Waals surface area contributed by atoms with Gasteiger partial charge in [0.25, 0.3) is 0 Å². The maximum atomic E-state index is 6.35. The Hall–Kier alpha value is 0.160. The van der Waals surface area contributed by atoms with Crippen LogP contribution in [0.4, 0.5) is 0 Å². The van der Waals surface area contributed by atoms with Crippen LogP contribution in [-0.2, 0) is 14.2 Å². The molecule has 4 aliphatic rings. The summed E-state index contributed by atoms with van der Waals surface area (Å²) in [5.74, 6) is 1.09. The van der Waals surface area contributed by atoms with E-state index in [1.54, 1.807) is 0 Å². The molecule has 2 bridgehead atoms. The van der Waals surface area contributed by atoms with E-state index in [-0.39, 0.29) is 18.5 Å². The van der Waals surface area contributed by atoms with Crippen LogP contribution in [0.1, 0.15) is 52.4 Å². The molecule has 0 aromatic heterocycles. The summed E-state index contributed by atoms with van der Waals surface area (Å²) in [5.41, 5.74) is 0.388. The van der Waals surface area contributed by atoms with E-state index in [4.69, 9.17) is 26.4 Å². The summed E-state index contributed by atoms with van der Waals surface area (Å²) >= 11 is 6.81. The van der Waals surface area contributed by atoms with Gasteiger partial charge in [-0.15, -0.1) is 0 Å². The zero-order valence-electron chi connectivity index (χ0n) is 13.9. The molecule has 1 saturated heterocycles. The molecule has 0 N–H and O–H groups in total. The predicted molar refractivity (Wildman–Crippen MR) is 94.1 cm³/mol. The van der Waals surface area contributed by atoms with Gasteiger partial charge in [-0.25, -0.2) is 0 Å². The second-order valence-corrected chi connectivity index (χ2v) is 9.01. The highest BCUT2D eigenvalue weighted by atomic mass is 32.2. The van der Waals surface area contributed by atoms with Crippen LogP contribution in [0.25, 0.3) is 0 Å². The molecule has 22 heavy (non-hydrogen) atoms. The lowest BCUT2D eigenvalue weighted by Crippen LogP contribution is -2.55. The van der Waals surface area contributed by atoms with Gasteiger partial charge in [0, 0.05) is 12.5 Å². The molecule has 0 aromatic carbocycles. The Kier molecular flexibility index (Phi) is 5.38. The van der Waals surface area contributed by atoms with Gasteiger partial charge >= 0.3 is 0 Å². The van der Waals surface area contributed by atoms with E-state index in [2.05, 4.69) is 13.8 Å². The van der Waals surface area contributed by atoms with Gasteiger partial charge in [0.1, 0.15) is 6.10 Å². The number of ether oxygens (including phenoxy) is 3. The van der Waals surface area contributed by atoms with E-state index in [0.29, 0.717) is 21.6 Å². The highest BCUT2D eigenvalue weighted by molar-refractivity contribution is 8.22. The SMILES string of the molecule is CSC(=S)OC1C[C@@H]2C[C@H](OC3CCCCO3)[C@H]1CC2(C)C. The van der Waals surface area contributed by atoms with Gasteiger partial charge in [-0.1, -0.05) is 25.6 Å². The lowest BCUT2D eigenvalue weighted by atomic mass is 9.55. The van der Waals surface area contributed by atoms with Crippen molar-refractivity contribution in [1.82, 2.24) is 0 Å². The van der Waals surface area contributed by atoms with Crippen molar-refractivity contribution in [2.45, 2.75) is 70.9 Å². The number of thiocarbonyl (C=S) groups is 1. The molecule has 5 atom stereocenters. The van der Waals surface area contributed by atoms with Crippen LogP contribution >= 0.6 is 24.0 Å². The molecule has 3 saturated carbocycles. The van der Waals surface area contributed by atoms with Crippen molar-refractivity contribution in [3.05, 3.63) is 0 Å². The lowest BCUT2D eigenvalue weighted by Gasteiger charge is -2.55. The van der Waals surface area contributed by atoms with Crippen LogP contribution in [0, 0.1) is 17.3 Å². The summed E-state index contributed by atoms with van der Waals surface area (Å²) in [4.78, 5) is 0. The Labute approximate surface area is 143 Å². The van der Waals surface area contributed by atoms with Crippen LogP contribution in [0.3, 0.4) is 0 Å². The van der Waals surface area contributed by atoms with E-state index >= 15 is 0 Å². The topological polar surface area (TPSA) is 27.7 Å². The van der Waals surface area contributed by atoms with Gasteiger partial charge in [-0.3, -0.25) is 0 Å². The summed E-state index contributed by atoms with van der Waals surface area (Å²) in [6.07, 6.45) is 9.30. The van der Waals surface area contributed by atoms with Crippen molar-refractivity contribution in [3.63, 3.8) is 0 Å². The zero-order chi connectivity index (χ0) is 15.7. The van der Waals surface area contributed by atoms with Gasteiger partial charge in [0.15, 0.2) is 6.29 Å². The van der Waals surface area contributed by atoms with E-state index < -0.39 is 0 Å². The molecule has 1 heterocycles. The van der Waals surface area contributed by atoms with Crippen LogP contribution in [0.2, 0.25) is 0 Å². The molecule has 2 unspecified atom stereocenters. The van der Waals surface area contributed by atoms with Gasteiger partial charge in [-0.2, -0.15) is 0 Å². The quantitative estimate of drug-likeness (QED) is 0.708. The van der Waals surface area contributed by atoms with Crippen molar-refractivity contribution in [1.29, 1.82) is 0 Å². The Morgan fingerprint density at radius 2 is 2.00 bits per heavy atom. The van der Waals surface area contributed by atoms with Gasteiger partial charge in [0.2, 0.25) is 4.38 Å². The number of fused-ring (bicyclic) bond motifs is 3. The van der Waals surface area contributed by atoms with E-state index in [0.717, 1.165) is 38.7 Å². The standard InChI is InChI=1S/C17H28O3S2/c1-17(2)10-12-13(19-15-6-4-5-7-18-15)8-11(17)9-14(12)20-16(21)22-3/h11-15H,4-10H2,1-3H3/t11-,12+,13-,14?,15?/m0/s1. The molecule has 0 amide bonds. The van der Waals surface area contributed by atoms with Gasteiger partial charge in [-0.05, 0) is 68.3 Å². The third-order valence-corrected chi connectivity index (χ3v) is 6.76. The van der Waals surface area contributed by atoms with E-state index in [9.17, 15) is 0 Å². The van der Waals surface area contributed by atoms with Crippen molar-refractivity contribution >= 4 is 28.4 Å². The predicted octanol–water partition coefficient (Wildman–Crippen LogP) is 4.39. The first-order chi connectivity index (χ1) is 10.5. The van der Waals surface area contributed by atoms with E-state index in [1.165, 1.54) is 18.2 Å². The second-order valence-electron chi connectivity index (χ2n) is 7.61. The highest BCUT2D eigenvalue weighted by Crippen LogP contribution is 2.54. The minimum Gasteiger partial charge on any atom is -0.475 e. The fraction of sp³-hybridized carbons (Fsp3) is 0.941. The summed E-state index contributed by atoms with van der Waals surface area (Å²) in [6.45, 7) is 5.62. The number of rotatable bonds is 3. The summed E-state index contributed by atoms with van der Waals surface area (Å²) in [7, 11) is 0. The fourth-order valence-corrected chi connectivity index (χ4v) is 4.74. The Balaban J connectivity index is 1.67.